The van der Waals surface area contributed by atoms with Gasteiger partial charge in [-0.25, -0.2) is 0 Å². The summed E-state index contributed by atoms with van der Waals surface area (Å²) in [4.78, 5) is 15.7. The summed E-state index contributed by atoms with van der Waals surface area (Å²) in [5.41, 5.74) is 3.61. The molecule has 6 heteroatoms. The Morgan fingerprint density at radius 1 is 1.09 bits per heavy atom. The molecular weight excluding hydrogens is 422 g/mol. The number of nitrogens with zero attached hydrogens (tertiary/aromatic N) is 4. The van der Waals surface area contributed by atoms with Crippen LogP contribution in [0.5, 0.6) is 0 Å². The van der Waals surface area contributed by atoms with Crippen molar-refractivity contribution in [2.45, 2.75) is 84.6 Å². The largest absolute Gasteiger partial charge is 0.326 e. The fourth-order valence-corrected chi connectivity index (χ4v) is 6.24. The molecule has 2 heterocycles. The highest BCUT2D eigenvalue weighted by molar-refractivity contribution is 5.94. The van der Waals surface area contributed by atoms with E-state index in [1.165, 1.54) is 43.5 Å². The molecule has 0 spiro atoms. The summed E-state index contributed by atoms with van der Waals surface area (Å²) in [7, 11) is 2.11. The molecule has 0 bridgehead atoms. The number of hydrogen-bond donors (Lipinski definition) is 1. The van der Waals surface area contributed by atoms with E-state index in [2.05, 4.69) is 68.6 Å². The molecule has 5 rings (SSSR count). The van der Waals surface area contributed by atoms with Crippen LogP contribution in [-0.4, -0.2) is 45.7 Å². The highest BCUT2D eigenvalue weighted by Crippen LogP contribution is 2.49. The lowest BCUT2D eigenvalue weighted by Crippen LogP contribution is -2.30. The SMILES string of the molecule is Cc1ccc(NC(=O)[C@H]2CN(C)C[C@@H]2c2nnc([C@H]3C[C@@H](CC(C)(C)C)C3)n2C2CC2)c(C)c1. The molecule has 1 amide bonds. The number of aromatic nitrogens is 3. The highest BCUT2D eigenvalue weighted by atomic mass is 16.2. The highest BCUT2D eigenvalue weighted by Gasteiger charge is 2.44. The van der Waals surface area contributed by atoms with Crippen LogP contribution in [0.1, 0.15) is 93.5 Å². The quantitative estimate of drug-likeness (QED) is 0.619. The lowest BCUT2D eigenvalue weighted by molar-refractivity contribution is -0.119. The molecule has 34 heavy (non-hydrogen) atoms. The third-order valence-electron chi connectivity index (χ3n) is 7.97. The smallest absolute Gasteiger partial charge is 0.229 e. The van der Waals surface area contributed by atoms with Gasteiger partial charge >= 0.3 is 0 Å². The minimum atomic E-state index is -0.115. The van der Waals surface area contributed by atoms with Gasteiger partial charge in [-0.15, -0.1) is 10.2 Å². The molecule has 0 radical (unpaired) electrons. The minimum Gasteiger partial charge on any atom is -0.326 e. The van der Waals surface area contributed by atoms with Gasteiger partial charge < -0.3 is 14.8 Å². The van der Waals surface area contributed by atoms with E-state index in [4.69, 9.17) is 10.2 Å². The van der Waals surface area contributed by atoms with Gasteiger partial charge in [-0.1, -0.05) is 38.5 Å². The van der Waals surface area contributed by atoms with Crippen molar-refractivity contribution >= 4 is 11.6 Å². The molecule has 6 nitrogen and oxygen atoms in total. The lowest BCUT2D eigenvalue weighted by atomic mass is 9.68. The summed E-state index contributed by atoms with van der Waals surface area (Å²) in [5.74, 6) is 3.62. The van der Waals surface area contributed by atoms with Crippen LogP contribution in [-0.2, 0) is 4.79 Å². The van der Waals surface area contributed by atoms with Crippen LogP contribution in [0.4, 0.5) is 5.69 Å². The lowest BCUT2D eigenvalue weighted by Gasteiger charge is -2.38. The summed E-state index contributed by atoms with van der Waals surface area (Å²) in [6.45, 7) is 12.8. The molecule has 3 aliphatic rings. The van der Waals surface area contributed by atoms with Gasteiger partial charge in [0.2, 0.25) is 5.91 Å². The van der Waals surface area contributed by atoms with Crippen LogP contribution < -0.4 is 5.32 Å². The second-order valence-corrected chi connectivity index (χ2v) is 12.6. The number of carbonyl (C=O) groups excluding carboxylic acids is 1. The van der Waals surface area contributed by atoms with Gasteiger partial charge in [0.05, 0.1) is 5.92 Å². The van der Waals surface area contributed by atoms with E-state index in [0.717, 1.165) is 36.1 Å². The van der Waals surface area contributed by atoms with Crippen molar-refractivity contribution in [3.8, 4) is 0 Å². The predicted molar refractivity (Wildman–Crippen MR) is 136 cm³/mol. The van der Waals surface area contributed by atoms with Gasteiger partial charge in [0, 0.05) is 36.7 Å². The maximum atomic E-state index is 13.5. The van der Waals surface area contributed by atoms with Gasteiger partial charge in [-0.05, 0) is 76.0 Å². The summed E-state index contributed by atoms with van der Waals surface area (Å²) in [5, 5.41) is 12.8. The molecular formula is C28H41N5O. The molecule has 2 aliphatic carbocycles. The van der Waals surface area contributed by atoms with Crippen molar-refractivity contribution in [3.63, 3.8) is 0 Å². The number of rotatable bonds is 6. The standard InChI is InChI=1S/C28H41N5O/c1-17-7-10-24(18(2)11-17)29-27(34)23-16-32(6)15-22(23)26-31-30-25(33(26)21-8-9-21)20-12-19(13-20)14-28(3,4)5/h7,10-11,19-23H,8-9,12-16H2,1-6H3,(H,29,34)/t19-,20+,22-,23-/m0/s1. The molecule has 184 valence electrons. The summed E-state index contributed by atoms with van der Waals surface area (Å²) < 4.78 is 2.46. The number of aryl methyl sites for hydroxylation is 2. The number of hydrogen-bond acceptors (Lipinski definition) is 4. The Hall–Kier alpha value is -2.21. The van der Waals surface area contributed by atoms with Crippen LogP contribution in [0.25, 0.3) is 0 Å². The van der Waals surface area contributed by atoms with Gasteiger partial charge in [-0.2, -0.15) is 0 Å². The van der Waals surface area contributed by atoms with Crippen molar-refractivity contribution in [3.05, 3.63) is 41.0 Å². The maximum Gasteiger partial charge on any atom is 0.229 e. The first-order valence-electron chi connectivity index (χ1n) is 13.1. The summed E-state index contributed by atoms with van der Waals surface area (Å²) in [6, 6.07) is 6.72. The Bertz CT molecular complexity index is 1060. The average Bonchev–Trinajstić information content (AvgIpc) is 3.34. The zero-order valence-electron chi connectivity index (χ0n) is 21.8. The van der Waals surface area contributed by atoms with E-state index in [1.54, 1.807) is 0 Å². The van der Waals surface area contributed by atoms with Crippen LogP contribution in [0, 0.1) is 31.1 Å². The Labute approximate surface area is 204 Å². The first-order valence-corrected chi connectivity index (χ1v) is 13.1. The van der Waals surface area contributed by atoms with Crippen molar-refractivity contribution in [2.24, 2.45) is 17.3 Å². The third kappa shape index (κ3) is 4.79. The van der Waals surface area contributed by atoms with E-state index < -0.39 is 0 Å². The normalized spacial score (nSPS) is 27.6. The number of nitrogens with one attached hydrogen (secondary N) is 1. The van der Waals surface area contributed by atoms with Crippen molar-refractivity contribution in [1.29, 1.82) is 0 Å². The maximum absolute atomic E-state index is 13.5. The summed E-state index contributed by atoms with van der Waals surface area (Å²) >= 11 is 0. The van der Waals surface area contributed by atoms with Crippen molar-refractivity contribution in [2.75, 3.05) is 25.5 Å². The van der Waals surface area contributed by atoms with Gasteiger partial charge in [0.15, 0.2) is 0 Å². The van der Waals surface area contributed by atoms with E-state index in [9.17, 15) is 4.79 Å². The Kier molecular flexibility index (Phi) is 6.07. The van der Waals surface area contributed by atoms with Gasteiger partial charge in [0.1, 0.15) is 11.6 Å². The molecule has 2 saturated carbocycles. The number of amides is 1. The number of likely N-dealkylation sites (tertiary alicyclic amines) is 1. The molecule has 0 unspecified atom stereocenters. The van der Waals surface area contributed by atoms with Gasteiger partial charge in [-0.3, -0.25) is 4.79 Å². The first-order chi connectivity index (χ1) is 16.1. The number of likely N-dealkylation sites (N-methyl/N-ethyl adjacent to an activating group) is 1. The topological polar surface area (TPSA) is 63.1 Å². The van der Waals surface area contributed by atoms with E-state index in [-0.39, 0.29) is 17.7 Å². The third-order valence-corrected chi connectivity index (χ3v) is 7.97. The first kappa shape index (κ1) is 23.5. The molecule has 1 aromatic heterocycles. The van der Waals surface area contributed by atoms with Gasteiger partial charge in [0.25, 0.3) is 0 Å². The van der Waals surface area contributed by atoms with Crippen LogP contribution in [0.15, 0.2) is 18.2 Å². The number of anilines is 1. The fourth-order valence-electron chi connectivity index (χ4n) is 6.24. The molecule has 1 aromatic carbocycles. The Balaban J connectivity index is 1.35. The van der Waals surface area contributed by atoms with Crippen LogP contribution >= 0.6 is 0 Å². The predicted octanol–water partition coefficient (Wildman–Crippen LogP) is 5.44. The number of benzene rings is 1. The summed E-state index contributed by atoms with van der Waals surface area (Å²) in [6.07, 6.45) is 6.14. The molecule has 1 saturated heterocycles. The van der Waals surface area contributed by atoms with E-state index in [1.807, 2.05) is 6.07 Å². The number of carbonyl (C=O) groups is 1. The van der Waals surface area contributed by atoms with Crippen LogP contribution in [0.2, 0.25) is 0 Å². The second-order valence-electron chi connectivity index (χ2n) is 12.6. The monoisotopic (exact) mass is 463 g/mol. The molecule has 1 N–H and O–H groups in total. The van der Waals surface area contributed by atoms with E-state index >= 15 is 0 Å². The molecule has 3 fully saturated rings. The molecule has 2 atom stereocenters. The zero-order valence-corrected chi connectivity index (χ0v) is 21.8. The molecule has 2 aromatic rings. The van der Waals surface area contributed by atoms with E-state index in [0.29, 0.717) is 17.4 Å². The molecule has 1 aliphatic heterocycles. The zero-order chi connectivity index (χ0) is 24.2. The average molecular weight is 464 g/mol. The Morgan fingerprint density at radius 3 is 2.44 bits per heavy atom. The van der Waals surface area contributed by atoms with Crippen LogP contribution in [0.3, 0.4) is 0 Å². The van der Waals surface area contributed by atoms with Crippen molar-refractivity contribution in [1.82, 2.24) is 19.7 Å². The minimum absolute atomic E-state index is 0.0862. The van der Waals surface area contributed by atoms with Crippen molar-refractivity contribution < 1.29 is 4.79 Å². The Morgan fingerprint density at radius 2 is 1.79 bits per heavy atom. The fraction of sp³-hybridized carbons (Fsp3) is 0.679. The second kappa shape index (κ2) is 8.78.